The van der Waals surface area contributed by atoms with Crippen molar-refractivity contribution in [2.24, 2.45) is 5.92 Å². The van der Waals surface area contributed by atoms with E-state index in [2.05, 4.69) is 17.2 Å². The van der Waals surface area contributed by atoms with Gasteiger partial charge in [0.05, 0.1) is 25.3 Å². The van der Waals surface area contributed by atoms with E-state index in [9.17, 15) is 14.4 Å². The third-order valence-corrected chi connectivity index (χ3v) is 7.02. The van der Waals surface area contributed by atoms with Crippen LogP contribution in [0.2, 0.25) is 0 Å². The van der Waals surface area contributed by atoms with Gasteiger partial charge >= 0.3 is 12.2 Å². The Hall–Kier alpha value is -3.29. The summed E-state index contributed by atoms with van der Waals surface area (Å²) in [7, 11) is 1.45. The first-order valence-corrected chi connectivity index (χ1v) is 11.6. The second kappa shape index (κ2) is 8.14. The Morgan fingerprint density at radius 1 is 1.29 bits per heavy atom. The van der Waals surface area contributed by atoms with E-state index in [1.807, 2.05) is 24.3 Å². The van der Waals surface area contributed by atoms with E-state index < -0.39 is 47.6 Å². The van der Waals surface area contributed by atoms with Gasteiger partial charge in [0.25, 0.3) is 5.91 Å². The van der Waals surface area contributed by atoms with Crippen LogP contribution in [-0.4, -0.2) is 66.2 Å². The molecule has 186 valence electrons. The molecular weight excluding hydrogens is 454 g/mol. The fourth-order valence-electron chi connectivity index (χ4n) is 5.80. The van der Waals surface area contributed by atoms with Crippen LogP contribution in [0.1, 0.15) is 45.6 Å². The summed E-state index contributed by atoms with van der Waals surface area (Å²) in [6.45, 7) is 7.26. The van der Waals surface area contributed by atoms with Gasteiger partial charge in [0.2, 0.25) is 0 Å². The summed E-state index contributed by atoms with van der Waals surface area (Å²) in [6.07, 6.45) is -2.45. The molecule has 35 heavy (non-hydrogen) atoms. The highest BCUT2D eigenvalue weighted by Gasteiger charge is 2.73. The average Bonchev–Trinajstić information content (AvgIpc) is 3.28. The molecular formula is C25H29N3O7. The van der Waals surface area contributed by atoms with Gasteiger partial charge < -0.3 is 14.2 Å². The van der Waals surface area contributed by atoms with Gasteiger partial charge in [-0.25, -0.2) is 9.59 Å². The SMILES string of the molecule is CC#CC12C(COC3NC(=O)OC31)C(CC1C(=O)N(OC)c3ccccc31)N2C(=O)OC(C)(C)C. The van der Waals surface area contributed by atoms with Crippen molar-refractivity contribution >= 4 is 23.8 Å². The number of nitrogens with zero attached hydrogens (tertiary/aromatic N) is 2. The quantitative estimate of drug-likeness (QED) is 0.659. The number of benzene rings is 1. The number of ether oxygens (including phenoxy) is 3. The zero-order valence-corrected chi connectivity index (χ0v) is 20.4. The molecule has 4 aliphatic rings. The molecule has 0 aliphatic carbocycles. The smallest absolute Gasteiger partial charge is 0.411 e. The lowest BCUT2D eigenvalue weighted by Gasteiger charge is -2.64. The number of rotatable bonds is 3. The number of carbonyl (C=O) groups excluding carboxylic acids is 3. The molecule has 1 aromatic rings. The highest BCUT2D eigenvalue weighted by molar-refractivity contribution is 6.03. The van der Waals surface area contributed by atoms with Crippen LogP contribution in [0, 0.1) is 17.8 Å². The van der Waals surface area contributed by atoms with E-state index in [0.717, 1.165) is 5.56 Å². The van der Waals surface area contributed by atoms with Gasteiger partial charge in [-0.3, -0.25) is 19.8 Å². The maximum Gasteiger partial charge on any atom is 0.411 e. The summed E-state index contributed by atoms with van der Waals surface area (Å²) < 4.78 is 17.3. The monoisotopic (exact) mass is 483 g/mol. The minimum absolute atomic E-state index is 0.208. The summed E-state index contributed by atoms with van der Waals surface area (Å²) in [6, 6.07) is 6.99. The van der Waals surface area contributed by atoms with E-state index in [4.69, 9.17) is 19.0 Å². The van der Waals surface area contributed by atoms with Crippen molar-refractivity contribution in [3.05, 3.63) is 29.8 Å². The first-order valence-electron chi connectivity index (χ1n) is 11.6. The molecule has 4 heterocycles. The molecule has 3 saturated heterocycles. The summed E-state index contributed by atoms with van der Waals surface area (Å²) in [5.74, 6) is 5.05. The zero-order chi connectivity index (χ0) is 25.1. The first kappa shape index (κ1) is 23.5. The number of amides is 3. The normalized spacial score (nSPS) is 32.9. The number of hydroxylamine groups is 1. The van der Waals surface area contributed by atoms with E-state index >= 15 is 0 Å². The van der Waals surface area contributed by atoms with Crippen LogP contribution in [0.15, 0.2) is 24.3 Å². The molecule has 0 saturated carbocycles. The van der Waals surface area contributed by atoms with Crippen LogP contribution in [0.3, 0.4) is 0 Å². The van der Waals surface area contributed by atoms with Crippen LogP contribution in [0.5, 0.6) is 0 Å². The van der Waals surface area contributed by atoms with Crippen molar-refractivity contribution in [2.75, 3.05) is 18.8 Å². The molecule has 0 aromatic heterocycles. The number of hydrogen-bond donors (Lipinski definition) is 1. The lowest BCUT2D eigenvalue weighted by atomic mass is 9.61. The Labute approximate surface area is 203 Å². The van der Waals surface area contributed by atoms with E-state index in [-0.39, 0.29) is 18.4 Å². The number of hydrogen-bond acceptors (Lipinski definition) is 7. The van der Waals surface area contributed by atoms with Crippen molar-refractivity contribution in [2.45, 2.75) is 69.5 Å². The zero-order valence-electron chi connectivity index (χ0n) is 20.4. The first-order chi connectivity index (χ1) is 16.6. The second-order valence-corrected chi connectivity index (χ2v) is 10.1. The Morgan fingerprint density at radius 2 is 2.03 bits per heavy atom. The van der Waals surface area contributed by atoms with Crippen LogP contribution in [0.4, 0.5) is 15.3 Å². The second-order valence-electron chi connectivity index (χ2n) is 10.1. The molecule has 1 N–H and O–H groups in total. The van der Waals surface area contributed by atoms with E-state index in [1.165, 1.54) is 12.2 Å². The fraction of sp³-hybridized carbons (Fsp3) is 0.560. The van der Waals surface area contributed by atoms with Gasteiger partial charge in [0.1, 0.15) is 5.60 Å². The third-order valence-electron chi connectivity index (χ3n) is 7.02. The number of carbonyl (C=O) groups is 3. The van der Waals surface area contributed by atoms with E-state index in [0.29, 0.717) is 12.1 Å². The molecule has 0 radical (unpaired) electrons. The van der Waals surface area contributed by atoms with E-state index in [1.54, 1.807) is 32.6 Å². The highest BCUT2D eigenvalue weighted by Crippen LogP contribution is 2.54. The molecule has 3 fully saturated rings. The molecule has 10 nitrogen and oxygen atoms in total. The van der Waals surface area contributed by atoms with Crippen LogP contribution in [0.25, 0.3) is 0 Å². The largest absolute Gasteiger partial charge is 0.444 e. The van der Waals surface area contributed by atoms with Crippen molar-refractivity contribution in [1.29, 1.82) is 0 Å². The minimum atomic E-state index is -1.13. The summed E-state index contributed by atoms with van der Waals surface area (Å²) in [5, 5.41) is 3.93. The Bertz CT molecular complexity index is 1140. The molecule has 4 aliphatic heterocycles. The van der Waals surface area contributed by atoms with Crippen LogP contribution >= 0.6 is 0 Å². The maximum atomic E-state index is 13.6. The van der Waals surface area contributed by atoms with Crippen molar-refractivity contribution < 1.29 is 33.4 Å². The topological polar surface area (TPSA) is 107 Å². The minimum Gasteiger partial charge on any atom is -0.444 e. The predicted octanol–water partition coefficient (Wildman–Crippen LogP) is 2.53. The number of likely N-dealkylation sites (tertiary alicyclic amines) is 1. The molecule has 6 unspecified atom stereocenters. The Kier molecular flexibility index (Phi) is 5.45. The summed E-state index contributed by atoms with van der Waals surface area (Å²) in [5.41, 5.74) is -0.384. The average molecular weight is 484 g/mol. The highest BCUT2D eigenvalue weighted by atomic mass is 16.7. The van der Waals surface area contributed by atoms with Gasteiger partial charge in [-0.1, -0.05) is 24.1 Å². The number of fused-ring (bicyclic) bond motifs is 4. The van der Waals surface area contributed by atoms with Crippen LogP contribution in [-0.2, 0) is 23.8 Å². The molecule has 0 spiro atoms. The van der Waals surface area contributed by atoms with Gasteiger partial charge in [-0.2, -0.15) is 5.06 Å². The number of alkyl carbamates (subject to hydrolysis) is 1. The third kappa shape index (κ3) is 3.45. The molecule has 3 amide bonds. The van der Waals surface area contributed by atoms with Gasteiger partial charge in [-0.15, -0.1) is 5.92 Å². The fourth-order valence-corrected chi connectivity index (χ4v) is 5.80. The van der Waals surface area contributed by atoms with Gasteiger partial charge in [0.15, 0.2) is 17.9 Å². The Morgan fingerprint density at radius 3 is 2.71 bits per heavy atom. The molecule has 5 rings (SSSR count). The van der Waals surface area contributed by atoms with Crippen molar-refractivity contribution in [1.82, 2.24) is 10.2 Å². The number of nitrogens with one attached hydrogen (secondary N) is 1. The van der Waals surface area contributed by atoms with Gasteiger partial charge in [-0.05, 0) is 45.7 Å². The summed E-state index contributed by atoms with van der Waals surface area (Å²) in [4.78, 5) is 45.9. The Balaban J connectivity index is 1.54. The van der Waals surface area contributed by atoms with Crippen LogP contribution < -0.4 is 10.4 Å². The number of anilines is 1. The molecule has 10 heteroatoms. The van der Waals surface area contributed by atoms with Crippen molar-refractivity contribution in [3.8, 4) is 11.8 Å². The lowest BCUT2D eigenvalue weighted by Crippen LogP contribution is -2.83. The van der Waals surface area contributed by atoms with Gasteiger partial charge in [0, 0.05) is 12.0 Å². The lowest BCUT2D eigenvalue weighted by molar-refractivity contribution is -0.229. The standard InChI is InChI=1S/C25H29N3O7/c1-6-11-25-16(13-33-20-19(25)34-22(30)26-20)18(27(25)23(31)35-24(2,3)4)12-15-14-9-7-8-10-17(14)28(32-5)21(15)29/h7-10,15-16,18-20H,12-13H2,1-5H3,(H,26,30). The maximum absolute atomic E-state index is 13.6. The van der Waals surface area contributed by atoms with Crippen molar-refractivity contribution in [3.63, 3.8) is 0 Å². The molecule has 1 aromatic carbocycles. The number of para-hydroxylation sites is 1. The predicted molar refractivity (Wildman–Crippen MR) is 123 cm³/mol. The summed E-state index contributed by atoms with van der Waals surface area (Å²) >= 11 is 0. The molecule has 6 atom stereocenters. The molecule has 0 bridgehead atoms.